The lowest BCUT2D eigenvalue weighted by Gasteiger charge is -2.29. The third kappa shape index (κ3) is 6.40. The Morgan fingerprint density at radius 3 is 2.35 bits per heavy atom. The van der Waals surface area contributed by atoms with Crippen molar-refractivity contribution < 1.29 is 4.39 Å². The standard InChI is InChI=1S/C30H34FN5S/c1-36(2)29-24-10-4-6-12-26(24)34-30(35-29)33-23-17-15-21(16-18-23)19-32-20-22-9-3-7-13-27(22)37-28-14-8-5-11-25(28)31/h3-14,21,23,32H,15-20H2,1-2H3,(H,33,34,35). The summed E-state index contributed by atoms with van der Waals surface area (Å²) >= 11 is 1.49. The number of nitrogens with zero attached hydrogens (tertiary/aromatic N) is 3. The van der Waals surface area contributed by atoms with Crippen LogP contribution in [0.15, 0.2) is 82.6 Å². The second-order valence-corrected chi connectivity index (χ2v) is 11.0. The Morgan fingerprint density at radius 1 is 0.865 bits per heavy atom. The summed E-state index contributed by atoms with van der Waals surface area (Å²) in [6.07, 6.45) is 4.56. The molecule has 7 heteroatoms. The molecule has 5 nitrogen and oxygen atoms in total. The topological polar surface area (TPSA) is 53.1 Å². The smallest absolute Gasteiger partial charge is 0.225 e. The number of rotatable bonds is 9. The highest BCUT2D eigenvalue weighted by Gasteiger charge is 2.22. The first-order valence-electron chi connectivity index (χ1n) is 13.0. The van der Waals surface area contributed by atoms with Crippen LogP contribution in [0, 0.1) is 11.7 Å². The Kier molecular flexibility index (Phi) is 8.21. The highest BCUT2D eigenvalue weighted by molar-refractivity contribution is 7.99. The summed E-state index contributed by atoms with van der Waals surface area (Å²) in [4.78, 5) is 13.4. The number of halogens is 1. The lowest BCUT2D eigenvalue weighted by molar-refractivity contribution is 0.323. The number of benzene rings is 3. The SMILES string of the molecule is CN(C)c1nc(NC2CCC(CNCc3ccccc3Sc3ccccc3F)CC2)nc2ccccc12. The van der Waals surface area contributed by atoms with Crippen LogP contribution in [0.25, 0.3) is 10.9 Å². The van der Waals surface area contributed by atoms with Gasteiger partial charge in [-0.15, -0.1) is 0 Å². The summed E-state index contributed by atoms with van der Waals surface area (Å²) in [6.45, 7) is 1.77. The Bertz CT molecular complexity index is 1340. The maximum absolute atomic E-state index is 14.1. The van der Waals surface area contributed by atoms with Crippen molar-refractivity contribution in [1.82, 2.24) is 15.3 Å². The molecule has 1 fully saturated rings. The fourth-order valence-corrected chi connectivity index (χ4v) is 5.93. The first-order chi connectivity index (χ1) is 18.1. The molecule has 0 unspecified atom stereocenters. The van der Waals surface area contributed by atoms with Crippen LogP contribution in [-0.4, -0.2) is 36.6 Å². The van der Waals surface area contributed by atoms with E-state index < -0.39 is 0 Å². The van der Waals surface area contributed by atoms with E-state index in [4.69, 9.17) is 9.97 Å². The van der Waals surface area contributed by atoms with E-state index in [0.29, 0.717) is 22.8 Å². The Hall–Kier alpha value is -3.16. The summed E-state index contributed by atoms with van der Waals surface area (Å²) in [5.74, 6) is 2.14. The molecule has 1 aliphatic carbocycles. The molecule has 0 atom stereocenters. The Morgan fingerprint density at radius 2 is 1.57 bits per heavy atom. The molecule has 0 bridgehead atoms. The molecule has 0 spiro atoms. The van der Waals surface area contributed by atoms with Crippen LogP contribution in [0.5, 0.6) is 0 Å². The van der Waals surface area contributed by atoms with Crippen molar-refractivity contribution in [2.24, 2.45) is 5.92 Å². The van der Waals surface area contributed by atoms with Gasteiger partial charge in [0, 0.05) is 41.9 Å². The van der Waals surface area contributed by atoms with Crippen LogP contribution >= 0.6 is 11.8 Å². The lowest BCUT2D eigenvalue weighted by atomic mass is 9.86. The maximum Gasteiger partial charge on any atom is 0.225 e. The molecule has 4 aromatic rings. The van der Waals surface area contributed by atoms with Crippen molar-refractivity contribution in [3.63, 3.8) is 0 Å². The van der Waals surface area contributed by atoms with Crippen LogP contribution in [0.3, 0.4) is 0 Å². The molecule has 0 aliphatic heterocycles. The third-order valence-corrected chi connectivity index (χ3v) is 8.13. The van der Waals surface area contributed by atoms with Crippen LogP contribution in [0.4, 0.5) is 16.2 Å². The second kappa shape index (κ2) is 11.9. The number of anilines is 2. The predicted molar refractivity (Wildman–Crippen MR) is 152 cm³/mol. The van der Waals surface area contributed by atoms with E-state index in [-0.39, 0.29) is 5.82 Å². The minimum atomic E-state index is -0.173. The van der Waals surface area contributed by atoms with Gasteiger partial charge in [0.15, 0.2) is 0 Å². The highest BCUT2D eigenvalue weighted by atomic mass is 32.2. The average molecular weight is 516 g/mol. The van der Waals surface area contributed by atoms with Crippen molar-refractivity contribution in [2.45, 2.75) is 48.1 Å². The quantitative estimate of drug-likeness (QED) is 0.257. The van der Waals surface area contributed by atoms with Gasteiger partial charge >= 0.3 is 0 Å². The molecule has 0 radical (unpaired) electrons. The van der Waals surface area contributed by atoms with Crippen molar-refractivity contribution in [1.29, 1.82) is 0 Å². The first kappa shape index (κ1) is 25.5. The number of aromatic nitrogens is 2. The summed E-state index contributed by atoms with van der Waals surface area (Å²) in [7, 11) is 4.04. The maximum atomic E-state index is 14.1. The minimum absolute atomic E-state index is 0.173. The number of para-hydroxylation sites is 1. The largest absolute Gasteiger partial charge is 0.362 e. The number of fused-ring (bicyclic) bond motifs is 1. The average Bonchev–Trinajstić information content (AvgIpc) is 2.91. The molecule has 5 rings (SSSR count). The molecular weight excluding hydrogens is 481 g/mol. The van der Waals surface area contributed by atoms with Gasteiger partial charge in [-0.1, -0.05) is 54.2 Å². The van der Waals surface area contributed by atoms with Crippen LogP contribution in [0.2, 0.25) is 0 Å². The van der Waals surface area contributed by atoms with Gasteiger partial charge in [-0.25, -0.2) is 9.37 Å². The molecular formula is C30H34FN5S. The number of hydrogen-bond donors (Lipinski definition) is 2. The minimum Gasteiger partial charge on any atom is -0.362 e. The molecule has 0 amide bonds. The van der Waals surface area contributed by atoms with Crippen molar-refractivity contribution in [2.75, 3.05) is 30.9 Å². The monoisotopic (exact) mass is 515 g/mol. The van der Waals surface area contributed by atoms with Crippen molar-refractivity contribution in [3.05, 3.63) is 84.2 Å². The van der Waals surface area contributed by atoms with Crippen LogP contribution < -0.4 is 15.5 Å². The lowest BCUT2D eigenvalue weighted by Crippen LogP contribution is -2.31. The summed E-state index contributed by atoms with van der Waals surface area (Å²) in [6, 6.07) is 23.8. The van der Waals surface area contributed by atoms with E-state index in [1.165, 1.54) is 36.2 Å². The van der Waals surface area contributed by atoms with Crippen molar-refractivity contribution in [3.8, 4) is 0 Å². The second-order valence-electron chi connectivity index (χ2n) is 9.92. The molecule has 0 saturated heterocycles. The van der Waals surface area contributed by atoms with E-state index in [1.807, 2.05) is 55.4 Å². The van der Waals surface area contributed by atoms with Gasteiger partial charge in [0.2, 0.25) is 5.95 Å². The highest BCUT2D eigenvalue weighted by Crippen LogP contribution is 2.32. The van der Waals surface area contributed by atoms with E-state index in [0.717, 1.165) is 47.5 Å². The molecule has 1 aromatic heterocycles. The van der Waals surface area contributed by atoms with Crippen molar-refractivity contribution >= 4 is 34.4 Å². The first-order valence-corrected chi connectivity index (χ1v) is 13.8. The Balaban J connectivity index is 1.12. The molecule has 1 aliphatic rings. The molecule has 2 N–H and O–H groups in total. The zero-order chi connectivity index (χ0) is 25.6. The van der Waals surface area contributed by atoms with Gasteiger partial charge in [0.25, 0.3) is 0 Å². The molecule has 1 saturated carbocycles. The van der Waals surface area contributed by atoms with Gasteiger partial charge in [-0.2, -0.15) is 4.98 Å². The molecule has 1 heterocycles. The predicted octanol–water partition coefficient (Wildman–Crippen LogP) is 6.75. The van der Waals surface area contributed by atoms with E-state index in [1.54, 1.807) is 6.07 Å². The van der Waals surface area contributed by atoms with Gasteiger partial charge in [-0.3, -0.25) is 0 Å². The van der Waals surface area contributed by atoms with Gasteiger partial charge in [0.05, 0.1) is 5.52 Å². The summed E-state index contributed by atoms with van der Waals surface area (Å²) < 4.78 is 14.1. The molecule has 3 aromatic carbocycles. The molecule has 192 valence electrons. The normalized spacial score (nSPS) is 17.6. The summed E-state index contributed by atoms with van der Waals surface area (Å²) in [5.41, 5.74) is 2.17. The van der Waals surface area contributed by atoms with Gasteiger partial charge < -0.3 is 15.5 Å². The van der Waals surface area contributed by atoms with Gasteiger partial charge in [0.1, 0.15) is 11.6 Å². The van der Waals surface area contributed by atoms with Gasteiger partial charge in [-0.05, 0) is 74.0 Å². The fourth-order valence-electron chi connectivity index (χ4n) is 4.97. The zero-order valence-corrected chi connectivity index (χ0v) is 22.3. The van der Waals surface area contributed by atoms with Crippen LogP contribution in [0.1, 0.15) is 31.2 Å². The Labute approximate surface area is 222 Å². The number of nitrogens with one attached hydrogen (secondary N) is 2. The van der Waals surface area contributed by atoms with E-state index in [2.05, 4.69) is 34.9 Å². The molecule has 37 heavy (non-hydrogen) atoms. The van der Waals surface area contributed by atoms with E-state index >= 15 is 0 Å². The third-order valence-electron chi connectivity index (χ3n) is 6.96. The summed E-state index contributed by atoms with van der Waals surface area (Å²) in [5, 5.41) is 8.33. The number of hydrogen-bond acceptors (Lipinski definition) is 6. The fraction of sp³-hybridized carbons (Fsp3) is 0.333. The van der Waals surface area contributed by atoms with Crippen LogP contribution in [-0.2, 0) is 6.54 Å². The van der Waals surface area contributed by atoms with E-state index in [9.17, 15) is 4.39 Å². The zero-order valence-electron chi connectivity index (χ0n) is 21.5.